The molecule has 0 radical (unpaired) electrons. The summed E-state index contributed by atoms with van der Waals surface area (Å²) >= 11 is 0. The van der Waals surface area contributed by atoms with Gasteiger partial charge in [-0.1, -0.05) is 6.07 Å². The van der Waals surface area contributed by atoms with E-state index in [0.717, 1.165) is 24.2 Å². The topological polar surface area (TPSA) is 120 Å². The third kappa shape index (κ3) is 4.53. The lowest BCUT2D eigenvalue weighted by atomic mass is 10.1. The number of anilines is 1. The van der Waals surface area contributed by atoms with Crippen LogP contribution in [-0.4, -0.2) is 57.3 Å². The third-order valence-electron chi connectivity index (χ3n) is 6.05. The maximum absolute atomic E-state index is 12.9. The Labute approximate surface area is 208 Å². The van der Waals surface area contributed by atoms with E-state index in [0.29, 0.717) is 46.9 Å². The van der Waals surface area contributed by atoms with E-state index in [2.05, 4.69) is 10.6 Å². The Morgan fingerprint density at radius 3 is 2.69 bits per heavy atom. The Morgan fingerprint density at radius 2 is 1.94 bits per heavy atom. The summed E-state index contributed by atoms with van der Waals surface area (Å²) in [7, 11) is 1.61. The van der Waals surface area contributed by atoms with E-state index in [4.69, 9.17) is 24.5 Å². The number of amides is 1. The molecule has 0 saturated carbocycles. The third-order valence-corrected chi connectivity index (χ3v) is 6.05. The predicted octanol–water partition coefficient (Wildman–Crippen LogP) is 3.60. The predicted molar refractivity (Wildman–Crippen MR) is 135 cm³/mol. The van der Waals surface area contributed by atoms with E-state index in [-0.39, 0.29) is 12.0 Å². The SMILES string of the molecule is COc1ccc(-c2nc3c4cccc(C(=O)OC(C)C)c4nc(N[C@@H]4CCCCNC4=O)n3n2)cc1. The second-order valence-electron chi connectivity index (χ2n) is 8.97. The number of methoxy groups -OCH3 is 1. The summed E-state index contributed by atoms with van der Waals surface area (Å²) in [5.41, 5.74) is 2.06. The number of nitrogens with one attached hydrogen (secondary N) is 2. The zero-order valence-electron chi connectivity index (χ0n) is 20.4. The maximum Gasteiger partial charge on any atom is 0.340 e. The monoisotopic (exact) mass is 488 g/mol. The van der Waals surface area contributed by atoms with Crippen molar-refractivity contribution in [3.8, 4) is 17.1 Å². The molecule has 2 aromatic carbocycles. The van der Waals surface area contributed by atoms with Gasteiger partial charge in [0.15, 0.2) is 11.5 Å². The molecule has 1 amide bonds. The van der Waals surface area contributed by atoms with Crippen molar-refractivity contribution in [2.75, 3.05) is 19.0 Å². The number of fused-ring (bicyclic) bond motifs is 3. The molecule has 3 heterocycles. The van der Waals surface area contributed by atoms with E-state index in [1.165, 1.54) is 0 Å². The number of carbonyl (C=O) groups is 2. The Morgan fingerprint density at radius 1 is 1.14 bits per heavy atom. The highest BCUT2D eigenvalue weighted by atomic mass is 16.5. The van der Waals surface area contributed by atoms with Crippen LogP contribution in [0.25, 0.3) is 27.9 Å². The number of para-hydroxylation sites is 1. The second kappa shape index (κ2) is 9.80. The van der Waals surface area contributed by atoms with Gasteiger partial charge in [0.1, 0.15) is 11.8 Å². The van der Waals surface area contributed by atoms with E-state index in [1.54, 1.807) is 37.6 Å². The summed E-state index contributed by atoms with van der Waals surface area (Å²) in [5.74, 6) is 0.975. The van der Waals surface area contributed by atoms with Gasteiger partial charge in [0, 0.05) is 17.5 Å². The van der Waals surface area contributed by atoms with Crippen LogP contribution in [0.5, 0.6) is 5.75 Å². The Kier molecular flexibility index (Phi) is 6.41. The fourth-order valence-corrected chi connectivity index (χ4v) is 4.26. The number of esters is 1. The molecule has 186 valence electrons. The minimum atomic E-state index is -0.482. The lowest BCUT2D eigenvalue weighted by Gasteiger charge is -2.17. The van der Waals surface area contributed by atoms with Crippen molar-refractivity contribution in [1.82, 2.24) is 24.9 Å². The highest BCUT2D eigenvalue weighted by molar-refractivity contribution is 6.07. The minimum Gasteiger partial charge on any atom is -0.497 e. The summed E-state index contributed by atoms with van der Waals surface area (Å²) in [5, 5.41) is 11.6. The van der Waals surface area contributed by atoms with Crippen LogP contribution in [0.4, 0.5) is 5.95 Å². The van der Waals surface area contributed by atoms with Crippen molar-refractivity contribution in [2.24, 2.45) is 0 Å². The largest absolute Gasteiger partial charge is 0.497 e. The van der Waals surface area contributed by atoms with Gasteiger partial charge in [0.2, 0.25) is 11.9 Å². The Hall–Kier alpha value is -4.21. The standard InChI is InChI=1S/C26H28N6O4/c1-15(2)36-25(34)19-8-6-7-18-21(19)29-26(28-20-9-4-5-14-27-24(20)33)32-23(18)30-22(31-32)16-10-12-17(35-3)13-11-16/h6-8,10-13,15,20H,4-5,9,14H2,1-3H3,(H,27,33)(H,28,29)/t20-/m1/s1. The summed E-state index contributed by atoms with van der Waals surface area (Å²) in [4.78, 5) is 35.1. The summed E-state index contributed by atoms with van der Waals surface area (Å²) in [6.07, 6.45) is 2.19. The van der Waals surface area contributed by atoms with Gasteiger partial charge in [-0.3, -0.25) is 4.79 Å². The molecule has 0 unspecified atom stereocenters. The van der Waals surface area contributed by atoms with E-state index >= 15 is 0 Å². The first kappa shape index (κ1) is 23.5. The molecule has 10 heteroatoms. The van der Waals surface area contributed by atoms with Crippen LogP contribution < -0.4 is 15.4 Å². The summed E-state index contributed by atoms with van der Waals surface area (Å²) in [6.45, 7) is 4.24. The van der Waals surface area contributed by atoms with Crippen molar-refractivity contribution in [3.05, 3.63) is 48.0 Å². The molecule has 1 atom stereocenters. The second-order valence-corrected chi connectivity index (χ2v) is 8.97. The first-order chi connectivity index (χ1) is 17.4. The Bertz CT molecular complexity index is 1430. The molecule has 2 N–H and O–H groups in total. The fourth-order valence-electron chi connectivity index (χ4n) is 4.26. The lowest BCUT2D eigenvalue weighted by Crippen LogP contribution is -2.38. The number of carbonyl (C=O) groups excluding carboxylic acids is 2. The molecule has 4 aromatic rings. The van der Waals surface area contributed by atoms with Crippen molar-refractivity contribution in [1.29, 1.82) is 0 Å². The van der Waals surface area contributed by atoms with Crippen LogP contribution in [0.15, 0.2) is 42.5 Å². The number of hydrogen-bond donors (Lipinski definition) is 2. The average Bonchev–Trinajstić information content (AvgIpc) is 3.23. The molecule has 1 aliphatic heterocycles. The van der Waals surface area contributed by atoms with Crippen molar-refractivity contribution in [3.63, 3.8) is 0 Å². The molecule has 10 nitrogen and oxygen atoms in total. The highest BCUT2D eigenvalue weighted by Crippen LogP contribution is 2.28. The summed E-state index contributed by atoms with van der Waals surface area (Å²) in [6, 6.07) is 12.2. The van der Waals surface area contributed by atoms with Crippen LogP contribution in [-0.2, 0) is 9.53 Å². The first-order valence-electron chi connectivity index (χ1n) is 12.0. The van der Waals surface area contributed by atoms with Crippen molar-refractivity contribution >= 4 is 34.4 Å². The number of benzene rings is 2. The molecule has 1 fully saturated rings. The first-order valence-corrected chi connectivity index (χ1v) is 12.0. The van der Waals surface area contributed by atoms with Crippen molar-refractivity contribution < 1.29 is 19.1 Å². The minimum absolute atomic E-state index is 0.0921. The number of hydrogen-bond acceptors (Lipinski definition) is 8. The van der Waals surface area contributed by atoms with Gasteiger partial charge >= 0.3 is 5.97 Å². The lowest BCUT2D eigenvalue weighted by molar-refractivity contribution is -0.121. The normalized spacial score (nSPS) is 16.1. The van der Waals surface area contributed by atoms with Crippen molar-refractivity contribution in [2.45, 2.75) is 45.3 Å². The summed E-state index contributed by atoms with van der Waals surface area (Å²) < 4.78 is 12.3. The van der Waals surface area contributed by atoms with Crippen LogP contribution in [0.1, 0.15) is 43.5 Å². The molecular weight excluding hydrogens is 460 g/mol. The van der Waals surface area contributed by atoms with E-state index in [9.17, 15) is 9.59 Å². The quantitative estimate of drug-likeness (QED) is 0.395. The zero-order valence-corrected chi connectivity index (χ0v) is 20.4. The zero-order chi connectivity index (χ0) is 25.2. The molecule has 0 spiro atoms. The number of rotatable bonds is 6. The van der Waals surface area contributed by atoms with Crippen LogP contribution in [0.2, 0.25) is 0 Å². The molecule has 1 saturated heterocycles. The maximum atomic E-state index is 12.9. The average molecular weight is 489 g/mol. The van der Waals surface area contributed by atoms with Gasteiger partial charge in [0.25, 0.3) is 0 Å². The van der Waals surface area contributed by atoms with Crippen LogP contribution >= 0.6 is 0 Å². The number of ether oxygens (including phenoxy) is 2. The number of nitrogens with zero attached hydrogens (tertiary/aromatic N) is 4. The van der Waals surface area contributed by atoms with Crippen LogP contribution in [0, 0.1) is 0 Å². The molecule has 5 rings (SSSR count). The Balaban J connectivity index is 1.69. The molecule has 2 aromatic heterocycles. The number of aromatic nitrogens is 4. The van der Waals surface area contributed by atoms with Gasteiger partial charge in [0.05, 0.1) is 24.3 Å². The van der Waals surface area contributed by atoms with Crippen LogP contribution in [0.3, 0.4) is 0 Å². The van der Waals surface area contributed by atoms with E-state index < -0.39 is 12.0 Å². The van der Waals surface area contributed by atoms with Gasteiger partial charge in [-0.2, -0.15) is 4.52 Å². The van der Waals surface area contributed by atoms with Gasteiger partial charge in [-0.15, -0.1) is 5.10 Å². The van der Waals surface area contributed by atoms with Gasteiger partial charge < -0.3 is 20.1 Å². The fraction of sp³-hybridized carbons (Fsp3) is 0.346. The van der Waals surface area contributed by atoms with Gasteiger partial charge in [-0.05, 0) is 69.5 Å². The van der Waals surface area contributed by atoms with Gasteiger partial charge in [-0.25, -0.2) is 14.8 Å². The highest BCUT2D eigenvalue weighted by Gasteiger charge is 2.25. The molecule has 36 heavy (non-hydrogen) atoms. The molecular formula is C26H28N6O4. The molecule has 1 aliphatic rings. The molecule has 0 bridgehead atoms. The van der Waals surface area contributed by atoms with E-state index in [1.807, 2.05) is 30.3 Å². The molecule has 0 aliphatic carbocycles. The smallest absolute Gasteiger partial charge is 0.340 e.